The van der Waals surface area contributed by atoms with Crippen LogP contribution >= 0.6 is 11.8 Å². The molecule has 0 radical (unpaired) electrons. The van der Waals surface area contributed by atoms with Crippen molar-refractivity contribution in [2.45, 2.75) is 38.4 Å². The lowest BCUT2D eigenvalue weighted by Gasteiger charge is -2.24. The van der Waals surface area contributed by atoms with E-state index >= 15 is 0 Å². The van der Waals surface area contributed by atoms with Gasteiger partial charge in [-0.25, -0.2) is 14.7 Å². The summed E-state index contributed by atoms with van der Waals surface area (Å²) in [7, 11) is 1.63. The molecular formula is C32H32F3N7O3S. The fraction of sp³-hybridized carbons (Fsp3) is 0.312. The highest BCUT2D eigenvalue weighted by Gasteiger charge is 2.31. The number of hydrogen-bond acceptors (Lipinski definition) is 9. The van der Waals surface area contributed by atoms with E-state index in [-0.39, 0.29) is 18.2 Å². The third-order valence-corrected chi connectivity index (χ3v) is 8.19. The number of anilines is 1. The molecule has 1 fully saturated rings. The van der Waals surface area contributed by atoms with Crippen molar-refractivity contribution < 1.29 is 27.8 Å². The van der Waals surface area contributed by atoms with Crippen LogP contribution in [0.15, 0.2) is 78.0 Å². The Bertz CT molecular complexity index is 1700. The van der Waals surface area contributed by atoms with E-state index in [1.165, 1.54) is 35.3 Å². The number of rotatable bonds is 11. The zero-order valence-electron chi connectivity index (χ0n) is 25.3. The Morgan fingerprint density at radius 2 is 1.80 bits per heavy atom. The van der Waals surface area contributed by atoms with Crippen LogP contribution in [-0.2, 0) is 0 Å². The van der Waals surface area contributed by atoms with Crippen LogP contribution in [0.2, 0.25) is 0 Å². The zero-order valence-corrected chi connectivity index (χ0v) is 26.1. The normalized spacial score (nSPS) is 15.6. The average Bonchev–Trinajstić information content (AvgIpc) is 3.71. The van der Waals surface area contributed by atoms with Gasteiger partial charge in [-0.3, -0.25) is 5.32 Å². The third-order valence-electron chi connectivity index (χ3n) is 7.22. The number of benzene rings is 3. The summed E-state index contributed by atoms with van der Waals surface area (Å²) in [6.45, 7) is 5.16. The van der Waals surface area contributed by atoms with Gasteiger partial charge in [-0.1, -0.05) is 55.9 Å². The number of aromatic nitrogens is 3. The fourth-order valence-electron chi connectivity index (χ4n) is 4.90. The molecule has 2 unspecified atom stereocenters. The Morgan fingerprint density at radius 1 is 1.09 bits per heavy atom. The predicted molar refractivity (Wildman–Crippen MR) is 170 cm³/mol. The number of thioether (sulfide) groups is 1. The van der Waals surface area contributed by atoms with Crippen molar-refractivity contribution in [2.24, 2.45) is 4.99 Å². The van der Waals surface area contributed by atoms with Crippen molar-refractivity contribution >= 4 is 22.6 Å². The van der Waals surface area contributed by atoms with Gasteiger partial charge in [0.15, 0.2) is 11.0 Å². The van der Waals surface area contributed by atoms with E-state index in [1.54, 1.807) is 43.1 Å². The number of amidine groups is 1. The highest BCUT2D eigenvalue weighted by atomic mass is 32.2. The molecule has 2 atom stereocenters. The minimum atomic E-state index is -4.77. The first-order valence-corrected chi connectivity index (χ1v) is 15.4. The number of nitrogens with zero attached hydrogens (tertiary/aromatic N) is 6. The summed E-state index contributed by atoms with van der Waals surface area (Å²) in [6.07, 6.45) is -4.53. The van der Waals surface area contributed by atoms with Gasteiger partial charge < -0.3 is 19.5 Å². The second-order valence-corrected chi connectivity index (χ2v) is 11.7. The number of methoxy groups -OCH3 is 1. The molecule has 2 heterocycles. The number of nitriles is 1. The van der Waals surface area contributed by atoms with Crippen molar-refractivity contribution in [1.82, 2.24) is 20.1 Å². The van der Waals surface area contributed by atoms with Crippen LogP contribution in [0.5, 0.6) is 11.5 Å². The van der Waals surface area contributed by atoms with Crippen molar-refractivity contribution in [3.05, 3.63) is 84.2 Å². The van der Waals surface area contributed by atoms with E-state index in [4.69, 9.17) is 4.74 Å². The van der Waals surface area contributed by atoms with Gasteiger partial charge in [-0.2, -0.15) is 5.26 Å². The first-order chi connectivity index (χ1) is 22.0. The Morgan fingerprint density at radius 3 is 2.46 bits per heavy atom. The molecule has 14 heteroatoms. The molecular weight excluding hydrogens is 619 g/mol. The molecule has 2 N–H and O–H groups in total. The fourth-order valence-corrected chi connectivity index (χ4v) is 5.88. The molecule has 1 aliphatic rings. The summed E-state index contributed by atoms with van der Waals surface area (Å²) in [6, 6.07) is 20.7. The molecule has 4 aromatic rings. The summed E-state index contributed by atoms with van der Waals surface area (Å²) < 4.78 is 48.1. The van der Waals surface area contributed by atoms with Crippen LogP contribution in [0.25, 0.3) is 17.1 Å². The van der Waals surface area contributed by atoms with E-state index < -0.39 is 18.6 Å². The van der Waals surface area contributed by atoms with Gasteiger partial charge >= 0.3 is 6.36 Å². The van der Waals surface area contributed by atoms with E-state index in [1.807, 2.05) is 12.1 Å². The second kappa shape index (κ2) is 14.2. The van der Waals surface area contributed by atoms with Crippen molar-refractivity contribution in [3.8, 4) is 34.6 Å². The monoisotopic (exact) mass is 651 g/mol. The predicted octanol–water partition coefficient (Wildman–Crippen LogP) is 6.05. The summed E-state index contributed by atoms with van der Waals surface area (Å²) in [5, 5.41) is 28.7. The molecule has 1 saturated heterocycles. The van der Waals surface area contributed by atoms with E-state index in [0.29, 0.717) is 22.2 Å². The van der Waals surface area contributed by atoms with Gasteiger partial charge in [-0.05, 0) is 47.4 Å². The van der Waals surface area contributed by atoms with Crippen molar-refractivity contribution in [1.29, 1.82) is 5.26 Å². The molecule has 1 aromatic heterocycles. The molecule has 5 rings (SSSR count). The molecule has 0 spiro atoms. The van der Waals surface area contributed by atoms with Gasteiger partial charge in [0.05, 0.1) is 24.8 Å². The first-order valence-electron chi connectivity index (χ1n) is 14.4. The Hall–Kier alpha value is -4.58. The molecule has 46 heavy (non-hydrogen) atoms. The number of alkyl halides is 3. The van der Waals surface area contributed by atoms with E-state index in [2.05, 4.69) is 56.0 Å². The second-order valence-electron chi connectivity index (χ2n) is 10.6. The summed E-state index contributed by atoms with van der Waals surface area (Å²) in [4.78, 5) is 10.9. The third kappa shape index (κ3) is 7.97. The van der Waals surface area contributed by atoms with Crippen LogP contribution in [0.1, 0.15) is 36.8 Å². The Labute approximate surface area is 268 Å². The molecule has 0 saturated carbocycles. The largest absolute Gasteiger partial charge is 0.573 e. The van der Waals surface area contributed by atoms with E-state index in [9.17, 15) is 23.5 Å². The molecule has 3 aromatic carbocycles. The van der Waals surface area contributed by atoms with Gasteiger partial charge in [0.2, 0.25) is 6.35 Å². The van der Waals surface area contributed by atoms with Crippen molar-refractivity contribution in [3.63, 3.8) is 0 Å². The van der Waals surface area contributed by atoms with Crippen molar-refractivity contribution in [2.75, 3.05) is 30.9 Å². The lowest BCUT2D eigenvalue weighted by molar-refractivity contribution is -0.274. The molecule has 240 valence electrons. The van der Waals surface area contributed by atoms with Gasteiger partial charge in [0.25, 0.3) is 0 Å². The minimum absolute atomic E-state index is 0.162. The minimum Gasteiger partial charge on any atom is -0.497 e. The maximum atomic E-state index is 12.4. The average molecular weight is 652 g/mol. The first kappa shape index (κ1) is 32.8. The zero-order chi connectivity index (χ0) is 32.8. The van der Waals surface area contributed by atoms with Crippen LogP contribution in [0, 0.1) is 11.3 Å². The molecule has 0 bridgehead atoms. The smallest absolute Gasteiger partial charge is 0.497 e. The standard InChI is InChI=1S/C32H32F3N7O3S/c1-20(2)27-13-12-26(44-3)16-28(27)41-14-15-46-31(41)39-30(43)37-18-23(17-36)21-4-6-22(7-5-21)29-38-19-42(40-29)24-8-10-25(11-9-24)45-32(33,34)35/h4-13,16,19-20,23,30,37,43H,14-15,18H2,1-3H3. The Balaban J connectivity index is 1.22. The van der Waals surface area contributed by atoms with Gasteiger partial charge in [-0.15, -0.1) is 18.3 Å². The lowest BCUT2D eigenvalue weighted by atomic mass is 9.99. The van der Waals surface area contributed by atoms with E-state index in [0.717, 1.165) is 34.9 Å². The molecule has 0 amide bonds. The number of hydrogen-bond donors (Lipinski definition) is 2. The maximum absolute atomic E-state index is 12.4. The number of ether oxygens (including phenoxy) is 2. The van der Waals surface area contributed by atoms with Gasteiger partial charge in [0.1, 0.15) is 17.8 Å². The highest BCUT2D eigenvalue weighted by Crippen LogP contribution is 2.35. The number of aliphatic hydroxyl groups excluding tert-OH is 1. The number of aliphatic hydroxyl groups is 1. The summed E-state index contributed by atoms with van der Waals surface area (Å²) in [5.74, 6) is 1.35. The summed E-state index contributed by atoms with van der Waals surface area (Å²) in [5.41, 5.74) is 4.07. The van der Waals surface area contributed by atoms with Crippen LogP contribution in [-0.4, -0.2) is 63.7 Å². The number of aliphatic imine (C=N–C) groups is 1. The van der Waals surface area contributed by atoms with Gasteiger partial charge in [0, 0.05) is 36.2 Å². The SMILES string of the molecule is COc1ccc(C(C)C)c(N2CCSC2=NC(O)NCC(C#N)c2ccc(-c3ncn(-c4ccc(OC(F)(F)F)cc4)n3)cc2)c1. The van der Waals surface area contributed by atoms with Crippen LogP contribution < -0.4 is 19.7 Å². The number of halogens is 3. The van der Waals surface area contributed by atoms with Crippen LogP contribution in [0.3, 0.4) is 0 Å². The molecule has 10 nitrogen and oxygen atoms in total. The topological polar surface area (TPSA) is 121 Å². The number of nitrogens with one attached hydrogen (secondary N) is 1. The summed E-state index contributed by atoms with van der Waals surface area (Å²) >= 11 is 1.56. The lowest BCUT2D eigenvalue weighted by Crippen LogP contribution is -2.34. The highest BCUT2D eigenvalue weighted by molar-refractivity contribution is 8.14. The van der Waals surface area contributed by atoms with Crippen LogP contribution in [0.4, 0.5) is 18.9 Å². The quantitative estimate of drug-likeness (QED) is 0.187. The molecule has 0 aliphatic carbocycles. The molecule has 1 aliphatic heterocycles. The Kier molecular flexibility index (Phi) is 10.2. The maximum Gasteiger partial charge on any atom is 0.573 e.